The van der Waals surface area contributed by atoms with Crippen LogP contribution >= 0.6 is 47.8 Å². The number of ether oxygens (including phenoxy) is 3. The van der Waals surface area contributed by atoms with E-state index in [4.69, 9.17) is 14.2 Å². The van der Waals surface area contributed by atoms with Crippen LogP contribution in [0.4, 0.5) is 17.1 Å². The van der Waals surface area contributed by atoms with Gasteiger partial charge in [-0.15, -0.1) is 0 Å². The number of hydrogen-bond acceptors (Lipinski definition) is 9. The van der Waals surface area contributed by atoms with Crippen molar-refractivity contribution in [1.82, 2.24) is 0 Å². The molecule has 6 heterocycles. The number of halogens is 6. The first-order valence-corrected chi connectivity index (χ1v) is 17.2. The third-order valence-corrected chi connectivity index (χ3v) is 9.16. The number of pyridine rings is 3. The molecule has 3 aromatic heterocycles. The van der Waals surface area contributed by atoms with Crippen LogP contribution in [0.15, 0.2) is 55.0 Å². The number of nitro groups is 3. The molecule has 0 spiro atoms. The van der Waals surface area contributed by atoms with Gasteiger partial charge in [0.25, 0.3) is 0 Å². The number of hydrogen-bond donors (Lipinski definition) is 0. The third-order valence-electron chi connectivity index (χ3n) is 6.99. The summed E-state index contributed by atoms with van der Waals surface area (Å²) in [5.74, 6) is 2.07. The highest BCUT2D eigenvalue weighted by Gasteiger charge is 2.29. The molecule has 0 aromatic carbocycles. The van der Waals surface area contributed by atoms with E-state index < -0.39 is 14.8 Å². The summed E-state index contributed by atoms with van der Waals surface area (Å²) >= 11 is 10.1. The van der Waals surface area contributed by atoms with Gasteiger partial charge in [-0.1, -0.05) is 47.8 Å². The van der Waals surface area contributed by atoms with Crippen LogP contribution < -0.4 is 78.9 Å². The molecule has 0 N–H and O–H groups in total. The van der Waals surface area contributed by atoms with Gasteiger partial charge in [0.1, 0.15) is 18.3 Å². The minimum atomic E-state index is -0.399. The SMILES string of the molecule is O=[N+]([O-])c1ccc2[n+](c1)CCC(CBr)O2.O=[N+]([O-])c1ccc2[n+](c1)CCC(CBr)O2.O=[N+]([O-])c1ccc2[n+](c1)CCC(CBr)O2.[Br-].[Br-].[Br-]. The van der Waals surface area contributed by atoms with Crippen LogP contribution in [0, 0.1) is 30.3 Å². The summed E-state index contributed by atoms with van der Waals surface area (Å²) in [6.07, 6.45) is 7.61. The molecule has 264 valence electrons. The Balaban J connectivity index is 0.000000349. The van der Waals surface area contributed by atoms with Gasteiger partial charge < -0.3 is 65.2 Å². The number of aromatic nitrogens is 3. The highest BCUT2D eigenvalue weighted by atomic mass is 79.9. The van der Waals surface area contributed by atoms with Gasteiger partial charge in [-0.2, -0.15) is 13.7 Å². The molecule has 0 aliphatic carbocycles. The Morgan fingerprint density at radius 1 is 0.542 bits per heavy atom. The van der Waals surface area contributed by atoms with Crippen LogP contribution in [0.1, 0.15) is 19.3 Å². The van der Waals surface area contributed by atoms with Crippen LogP contribution in [-0.4, -0.2) is 49.1 Å². The molecule has 0 saturated carbocycles. The predicted octanol–water partition coefficient (Wildman–Crippen LogP) is -4.70. The van der Waals surface area contributed by atoms with E-state index in [2.05, 4.69) is 47.8 Å². The monoisotopic (exact) mass is 1060 g/mol. The van der Waals surface area contributed by atoms with Crippen LogP contribution in [0.25, 0.3) is 0 Å². The van der Waals surface area contributed by atoms with E-state index in [1.807, 2.05) is 0 Å². The van der Waals surface area contributed by atoms with Gasteiger partial charge in [0.05, 0.1) is 33.0 Å². The van der Waals surface area contributed by atoms with Gasteiger partial charge >= 0.3 is 34.7 Å². The maximum atomic E-state index is 10.6. The average molecular weight is 1060 g/mol. The zero-order chi connectivity index (χ0) is 32.5. The molecule has 0 bridgehead atoms. The lowest BCUT2D eigenvalue weighted by Crippen LogP contribution is -3.00. The largest absolute Gasteiger partial charge is 1.00 e. The van der Waals surface area contributed by atoms with Crippen LogP contribution in [0.5, 0.6) is 17.6 Å². The molecule has 3 aliphatic rings. The zero-order valence-corrected chi connectivity index (χ0v) is 34.4. The average Bonchev–Trinajstić information content (AvgIpc) is 3.07. The van der Waals surface area contributed by atoms with Crippen molar-refractivity contribution in [3.8, 4) is 17.6 Å². The van der Waals surface area contributed by atoms with E-state index in [0.29, 0.717) is 17.6 Å². The van der Waals surface area contributed by atoms with Gasteiger partial charge in [-0.25, -0.2) is 0 Å². The maximum Gasteiger partial charge on any atom is 0.368 e. The molecule has 3 aromatic rings. The Morgan fingerprint density at radius 3 is 1.00 bits per heavy atom. The van der Waals surface area contributed by atoms with Crippen molar-refractivity contribution < 1.29 is 93.6 Å². The fourth-order valence-corrected chi connectivity index (χ4v) is 5.96. The van der Waals surface area contributed by atoms with Crippen molar-refractivity contribution in [1.29, 1.82) is 0 Å². The molecular weight excluding hydrogens is 1030 g/mol. The first-order chi connectivity index (χ1) is 21.6. The predicted molar refractivity (Wildman–Crippen MR) is 168 cm³/mol. The second-order valence-corrected chi connectivity index (χ2v) is 12.0. The van der Waals surface area contributed by atoms with Crippen molar-refractivity contribution in [3.05, 3.63) is 85.3 Å². The molecule has 0 amide bonds. The van der Waals surface area contributed by atoms with Crippen LogP contribution in [-0.2, 0) is 19.6 Å². The number of alkyl halides is 3. The molecule has 48 heavy (non-hydrogen) atoms. The minimum Gasteiger partial charge on any atom is -1.00 e. The molecule has 0 saturated heterocycles. The Hall–Kier alpha value is -2.07. The lowest BCUT2D eigenvalue weighted by atomic mass is 10.2. The van der Waals surface area contributed by atoms with Crippen molar-refractivity contribution in [3.63, 3.8) is 0 Å². The molecule has 0 radical (unpaired) electrons. The smallest absolute Gasteiger partial charge is 0.368 e. The zero-order valence-electron chi connectivity index (χ0n) is 24.9. The summed E-state index contributed by atoms with van der Waals surface area (Å²) in [6, 6.07) is 9.32. The quantitative estimate of drug-likeness (QED) is 0.102. The van der Waals surface area contributed by atoms with E-state index in [1.165, 1.54) is 36.8 Å². The van der Waals surface area contributed by atoms with E-state index in [9.17, 15) is 30.3 Å². The third kappa shape index (κ3) is 12.1. The first kappa shape index (κ1) is 44.0. The fraction of sp³-hybridized carbons (Fsp3) is 0.444. The molecule has 6 rings (SSSR count). The van der Waals surface area contributed by atoms with E-state index in [1.54, 1.807) is 31.9 Å². The molecule has 3 atom stereocenters. The van der Waals surface area contributed by atoms with Crippen molar-refractivity contribution in [2.75, 3.05) is 16.0 Å². The number of fused-ring (bicyclic) bond motifs is 3. The Bertz CT molecular complexity index is 1380. The highest BCUT2D eigenvalue weighted by molar-refractivity contribution is 9.09. The Morgan fingerprint density at radius 2 is 0.792 bits per heavy atom. The lowest BCUT2D eigenvalue weighted by molar-refractivity contribution is -0.714. The molecule has 15 nitrogen and oxygen atoms in total. The van der Waals surface area contributed by atoms with Gasteiger partial charge in [-0.05, 0) is 0 Å². The second kappa shape index (κ2) is 21.2. The highest BCUT2D eigenvalue weighted by Crippen LogP contribution is 2.21. The lowest BCUT2D eigenvalue weighted by Gasteiger charge is -2.18. The van der Waals surface area contributed by atoms with Crippen molar-refractivity contribution >= 4 is 64.9 Å². The van der Waals surface area contributed by atoms with Gasteiger partial charge in [0, 0.05) is 53.5 Å². The summed E-state index contributed by atoms with van der Waals surface area (Å²) in [6.45, 7) is 2.27. The van der Waals surface area contributed by atoms with Crippen LogP contribution in [0.3, 0.4) is 0 Å². The summed E-state index contributed by atoms with van der Waals surface area (Å²) in [7, 11) is 0. The number of nitrogens with zero attached hydrogens (tertiary/aromatic N) is 6. The standard InChI is InChI=1S/3C9H10BrN2O3.3BrH/c3*10-5-8-3-4-11-6-7(12(13)14)1-2-9(11)15-8;;;/h3*1-2,6,8H,3-5H2;3*1H/q3*+1;;;/p-3. The number of aryl methyl sites for hydroxylation is 3. The van der Waals surface area contributed by atoms with Gasteiger partial charge in [-0.3, -0.25) is 30.3 Å². The van der Waals surface area contributed by atoms with Gasteiger partial charge in [0.2, 0.25) is 18.6 Å². The summed E-state index contributed by atoms with van der Waals surface area (Å²) in [5.41, 5.74) is 0.291. The first-order valence-electron chi connectivity index (χ1n) is 13.8. The second-order valence-electron chi connectivity index (χ2n) is 10.1. The Kier molecular flexibility index (Phi) is 19.4. The molecular formula is C27H30Br6N6O9. The fourth-order valence-electron chi connectivity index (χ4n) is 4.59. The normalized spacial score (nSPS) is 17.9. The van der Waals surface area contributed by atoms with E-state index >= 15 is 0 Å². The number of rotatable bonds is 6. The molecule has 3 aliphatic heterocycles. The summed E-state index contributed by atoms with van der Waals surface area (Å²) in [4.78, 5) is 30.5. The summed E-state index contributed by atoms with van der Waals surface area (Å²) < 4.78 is 22.2. The van der Waals surface area contributed by atoms with Gasteiger partial charge in [0.15, 0.2) is 19.6 Å². The van der Waals surface area contributed by atoms with E-state index in [0.717, 1.165) is 54.9 Å². The van der Waals surface area contributed by atoms with E-state index in [-0.39, 0.29) is 86.3 Å². The van der Waals surface area contributed by atoms with Crippen LogP contribution in [0.2, 0.25) is 0 Å². The maximum absolute atomic E-state index is 10.6. The topological polar surface area (TPSA) is 169 Å². The minimum absolute atomic E-state index is 0. The van der Waals surface area contributed by atoms with Crippen molar-refractivity contribution in [2.45, 2.75) is 57.2 Å². The molecule has 0 fully saturated rings. The summed E-state index contributed by atoms with van der Waals surface area (Å²) in [5, 5.41) is 34.0. The molecule has 21 heteroatoms. The Labute approximate surface area is 332 Å². The van der Waals surface area contributed by atoms with Crippen molar-refractivity contribution in [2.24, 2.45) is 0 Å². The molecule has 3 unspecified atom stereocenters.